The van der Waals surface area contributed by atoms with Crippen molar-refractivity contribution in [1.29, 1.82) is 0 Å². The number of hydrogen-bond acceptors (Lipinski definition) is 5. The summed E-state index contributed by atoms with van der Waals surface area (Å²) in [4.78, 5) is 19.1. The number of benzene rings is 2. The van der Waals surface area contributed by atoms with E-state index in [2.05, 4.69) is 25.9 Å². The summed E-state index contributed by atoms with van der Waals surface area (Å²) in [6.45, 7) is 2.68. The molecule has 1 aromatic heterocycles. The van der Waals surface area contributed by atoms with Gasteiger partial charge in [-0.2, -0.15) is 13.2 Å². The van der Waals surface area contributed by atoms with Crippen molar-refractivity contribution in [2.45, 2.75) is 31.5 Å². The highest BCUT2D eigenvalue weighted by atomic mass is 32.1. The lowest BCUT2D eigenvalue weighted by molar-refractivity contribution is -0.137. The van der Waals surface area contributed by atoms with Crippen LogP contribution in [0.2, 0.25) is 0 Å². The Bertz CT molecular complexity index is 1060. The van der Waals surface area contributed by atoms with Crippen molar-refractivity contribution >= 4 is 28.6 Å². The van der Waals surface area contributed by atoms with Crippen LogP contribution in [0.5, 0.6) is 0 Å². The Morgan fingerprint density at radius 3 is 2.64 bits per heavy atom. The second-order valence-corrected chi connectivity index (χ2v) is 8.75. The van der Waals surface area contributed by atoms with E-state index >= 15 is 0 Å². The van der Waals surface area contributed by atoms with Crippen molar-refractivity contribution in [3.63, 3.8) is 0 Å². The Labute approximate surface area is 194 Å². The number of thiazole rings is 1. The Kier molecular flexibility index (Phi) is 7.29. The Balaban J connectivity index is 1.30. The molecule has 5 nitrogen and oxygen atoms in total. The maximum absolute atomic E-state index is 12.9. The van der Waals surface area contributed by atoms with Crippen molar-refractivity contribution < 1.29 is 18.0 Å². The summed E-state index contributed by atoms with van der Waals surface area (Å²) in [6, 6.07) is 12.3. The lowest BCUT2D eigenvalue weighted by Crippen LogP contribution is -2.43. The quantitative estimate of drug-likeness (QED) is 0.493. The number of nitrogens with zero attached hydrogens (tertiary/aromatic N) is 2. The van der Waals surface area contributed by atoms with Crippen LogP contribution in [0.1, 0.15) is 34.5 Å². The van der Waals surface area contributed by atoms with E-state index in [9.17, 15) is 18.0 Å². The van der Waals surface area contributed by atoms with E-state index in [-0.39, 0.29) is 5.56 Å². The summed E-state index contributed by atoms with van der Waals surface area (Å²) in [5.41, 5.74) is 3.64. The summed E-state index contributed by atoms with van der Waals surface area (Å²) in [7, 11) is 0. The molecule has 0 radical (unpaired) electrons. The molecular weight excluding hydrogens is 449 g/mol. The van der Waals surface area contributed by atoms with Gasteiger partial charge < -0.3 is 15.5 Å². The first-order valence-corrected chi connectivity index (χ1v) is 11.8. The SMILES string of the molecule is O=C(Nc1cccc(N2CCC(NCCc3cscn3)CC2)c1)c1cccc(C(F)(F)F)c1. The van der Waals surface area contributed by atoms with Crippen molar-refractivity contribution in [2.24, 2.45) is 0 Å². The predicted molar refractivity (Wildman–Crippen MR) is 125 cm³/mol. The zero-order valence-electron chi connectivity index (χ0n) is 17.9. The van der Waals surface area contributed by atoms with Gasteiger partial charge in [-0.1, -0.05) is 12.1 Å². The average molecular weight is 475 g/mol. The second-order valence-electron chi connectivity index (χ2n) is 8.03. The largest absolute Gasteiger partial charge is 0.416 e. The number of anilines is 2. The first kappa shape index (κ1) is 23.3. The number of aromatic nitrogens is 1. The first-order chi connectivity index (χ1) is 15.9. The molecule has 2 heterocycles. The number of hydrogen-bond donors (Lipinski definition) is 2. The number of piperidine rings is 1. The van der Waals surface area contributed by atoms with Gasteiger partial charge in [0.1, 0.15) is 0 Å². The molecule has 4 rings (SSSR count). The van der Waals surface area contributed by atoms with E-state index in [0.717, 1.165) is 62.4 Å². The van der Waals surface area contributed by atoms with Crippen LogP contribution >= 0.6 is 11.3 Å². The van der Waals surface area contributed by atoms with E-state index in [1.165, 1.54) is 12.1 Å². The Morgan fingerprint density at radius 1 is 1.12 bits per heavy atom. The van der Waals surface area contributed by atoms with E-state index in [1.54, 1.807) is 17.4 Å². The summed E-state index contributed by atoms with van der Waals surface area (Å²) < 4.78 is 38.8. The maximum Gasteiger partial charge on any atom is 0.416 e. The molecule has 0 saturated carbocycles. The van der Waals surface area contributed by atoms with Gasteiger partial charge in [-0.3, -0.25) is 4.79 Å². The van der Waals surface area contributed by atoms with Crippen LogP contribution in [-0.4, -0.2) is 36.6 Å². The van der Waals surface area contributed by atoms with Crippen LogP contribution in [0.25, 0.3) is 0 Å². The molecule has 2 N–H and O–H groups in total. The van der Waals surface area contributed by atoms with Gasteiger partial charge in [0.2, 0.25) is 0 Å². The van der Waals surface area contributed by atoms with Crippen molar-refractivity contribution in [1.82, 2.24) is 10.3 Å². The van der Waals surface area contributed by atoms with Crippen molar-refractivity contribution in [3.05, 3.63) is 76.2 Å². The molecule has 33 heavy (non-hydrogen) atoms. The third-order valence-corrected chi connectivity index (χ3v) is 6.35. The monoisotopic (exact) mass is 474 g/mol. The molecule has 3 aromatic rings. The maximum atomic E-state index is 12.9. The summed E-state index contributed by atoms with van der Waals surface area (Å²) in [6.07, 6.45) is -1.54. The minimum atomic E-state index is -4.49. The number of alkyl halides is 3. The highest BCUT2D eigenvalue weighted by Gasteiger charge is 2.31. The van der Waals surface area contributed by atoms with Crippen LogP contribution < -0.4 is 15.5 Å². The molecule has 1 amide bonds. The minimum absolute atomic E-state index is 0.0280. The van der Waals surface area contributed by atoms with E-state index in [1.807, 2.05) is 23.7 Å². The molecule has 2 aromatic carbocycles. The van der Waals surface area contributed by atoms with Crippen LogP contribution in [0, 0.1) is 0 Å². The van der Waals surface area contributed by atoms with E-state index in [0.29, 0.717) is 11.7 Å². The van der Waals surface area contributed by atoms with Crippen molar-refractivity contribution in [3.8, 4) is 0 Å². The molecular formula is C24H25F3N4OS. The number of amides is 1. The fourth-order valence-electron chi connectivity index (χ4n) is 3.93. The van der Waals surface area contributed by atoms with Crippen LogP contribution in [0.4, 0.5) is 24.5 Å². The molecule has 1 saturated heterocycles. The smallest absolute Gasteiger partial charge is 0.371 e. The van der Waals surface area contributed by atoms with Gasteiger partial charge in [-0.05, 0) is 49.2 Å². The third-order valence-electron chi connectivity index (χ3n) is 5.71. The zero-order chi connectivity index (χ0) is 23.3. The molecule has 1 aliphatic rings. The Hall–Kier alpha value is -2.91. The second kappa shape index (κ2) is 10.4. The van der Waals surface area contributed by atoms with Crippen LogP contribution in [-0.2, 0) is 12.6 Å². The minimum Gasteiger partial charge on any atom is -0.371 e. The molecule has 0 bridgehead atoms. The number of carbonyl (C=O) groups excluding carboxylic acids is 1. The fraction of sp³-hybridized carbons (Fsp3) is 0.333. The normalized spacial score (nSPS) is 14.9. The highest BCUT2D eigenvalue weighted by Crippen LogP contribution is 2.30. The van der Waals surface area contributed by atoms with Gasteiger partial charge in [-0.25, -0.2) is 4.98 Å². The third kappa shape index (κ3) is 6.33. The molecule has 174 valence electrons. The average Bonchev–Trinajstić information content (AvgIpc) is 3.33. The number of nitrogens with one attached hydrogen (secondary N) is 2. The molecule has 9 heteroatoms. The lowest BCUT2D eigenvalue weighted by Gasteiger charge is -2.34. The highest BCUT2D eigenvalue weighted by molar-refractivity contribution is 7.07. The summed E-state index contributed by atoms with van der Waals surface area (Å²) >= 11 is 1.61. The molecule has 1 fully saturated rings. The lowest BCUT2D eigenvalue weighted by atomic mass is 10.0. The van der Waals surface area contributed by atoms with E-state index in [4.69, 9.17) is 0 Å². The van der Waals surface area contributed by atoms with Gasteiger partial charge in [0.25, 0.3) is 5.91 Å². The van der Waals surface area contributed by atoms with Gasteiger partial charge >= 0.3 is 6.18 Å². The van der Waals surface area contributed by atoms with Crippen molar-refractivity contribution in [2.75, 3.05) is 29.9 Å². The zero-order valence-corrected chi connectivity index (χ0v) is 18.8. The van der Waals surface area contributed by atoms with Gasteiger partial charge in [0, 0.05) is 54.4 Å². The van der Waals surface area contributed by atoms with Gasteiger partial charge in [-0.15, -0.1) is 11.3 Å². The van der Waals surface area contributed by atoms with Gasteiger partial charge in [0.05, 0.1) is 16.8 Å². The number of carbonyl (C=O) groups is 1. The molecule has 0 aliphatic carbocycles. The molecule has 1 aliphatic heterocycles. The standard InChI is InChI=1S/C24H25F3N4OS/c25-24(26,27)18-4-1-3-17(13-18)23(32)30-20-5-2-6-22(14-20)31-11-8-19(9-12-31)28-10-7-21-15-33-16-29-21/h1-6,13-16,19,28H,7-12H2,(H,30,32). The van der Waals surface area contributed by atoms with Gasteiger partial charge in [0.15, 0.2) is 0 Å². The Morgan fingerprint density at radius 2 is 1.91 bits per heavy atom. The van der Waals surface area contributed by atoms with Crippen LogP contribution in [0.3, 0.4) is 0 Å². The van der Waals surface area contributed by atoms with E-state index < -0.39 is 17.6 Å². The first-order valence-electron chi connectivity index (χ1n) is 10.8. The predicted octanol–water partition coefficient (Wildman–Crippen LogP) is 5.22. The number of rotatable bonds is 7. The molecule has 0 spiro atoms. The topological polar surface area (TPSA) is 57.3 Å². The van der Waals surface area contributed by atoms with Crippen LogP contribution in [0.15, 0.2) is 59.4 Å². The summed E-state index contributed by atoms with van der Waals surface area (Å²) in [5.74, 6) is -0.568. The summed E-state index contributed by atoms with van der Waals surface area (Å²) in [5, 5.41) is 8.39. The molecule has 0 unspecified atom stereocenters. The fourth-order valence-corrected chi connectivity index (χ4v) is 4.52. The molecule has 0 atom stereocenters. The number of halogens is 3.